The van der Waals surface area contributed by atoms with E-state index < -0.39 is 0 Å². The number of ether oxygens (including phenoxy) is 1. The van der Waals surface area contributed by atoms with Crippen LogP contribution in [0.1, 0.15) is 5.76 Å². The first-order chi connectivity index (χ1) is 9.72. The molecule has 2 aromatic rings. The van der Waals surface area contributed by atoms with Crippen LogP contribution in [-0.4, -0.2) is 37.1 Å². The lowest BCUT2D eigenvalue weighted by Crippen LogP contribution is -2.39. The Balaban J connectivity index is 1.74. The van der Waals surface area contributed by atoms with E-state index in [1.54, 1.807) is 17.0 Å². The molecule has 2 heterocycles. The Morgan fingerprint density at radius 3 is 2.85 bits per heavy atom. The van der Waals surface area contributed by atoms with E-state index in [0.717, 1.165) is 11.0 Å². The Kier molecular flexibility index (Phi) is 3.76. The second kappa shape index (κ2) is 5.69. The summed E-state index contributed by atoms with van der Waals surface area (Å²) in [5.41, 5.74) is 0.757. The van der Waals surface area contributed by atoms with Gasteiger partial charge in [0.15, 0.2) is 0 Å². The van der Waals surface area contributed by atoms with Gasteiger partial charge in [0.2, 0.25) is 5.91 Å². The smallest absolute Gasteiger partial charge is 0.246 e. The van der Waals surface area contributed by atoms with Crippen molar-refractivity contribution in [1.82, 2.24) is 4.90 Å². The fraction of sp³-hybridized carbons (Fsp3) is 0.267. The highest BCUT2D eigenvalue weighted by atomic mass is 35.5. The highest BCUT2D eigenvalue weighted by Gasteiger charge is 2.14. The second-order valence-corrected chi connectivity index (χ2v) is 5.04. The van der Waals surface area contributed by atoms with E-state index in [-0.39, 0.29) is 5.91 Å². The molecule has 5 heteroatoms. The molecule has 104 valence electrons. The zero-order valence-electron chi connectivity index (χ0n) is 10.8. The number of benzene rings is 1. The quantitative estimate of drug-likeness (QED) is 0.799. The molecule has 1 amide bonds. The number of fused-ring (bicyclic) bond motifs is 1. The summed E-state index contributed by atoms with van der Waals surface area (Å²) in [7, 11) is 0. The predicted octanol–water partition coefficient (Wildman–Crippen LogP) is 2.96. The van der Waals surface area contributed by atoms with Crippen molar-refractivity contribution in [2.45, 2.75) is 0 Å². The number of rotatable bonds is 2. The van der Waals surface area contributed by atoms with Crippen molar-refractivity contribution in [2.24, 2.45) is 0 Å². The number of halogens is 1. The van der Waals surface area contributed by atoms with E-state index in [0.29, 0.717) is 37.1 Å². The first-order valence-electron chi connectivity index (χ1n) is 6.46. The Labute approximate surface area is 121 Å². The van der Waals surface area contributed by atoms with Gasteiger partial charge in [0.05, 0.1) is 13.2 Å². The van der Waals surface area contributed by atoms with Crippen molar-refractivity contribution in [3.8, 4) is 0 Å². The molecule has 0 atom stereocenters. The van der Waals surface area contributed by atoms with Crippen molar-refractivity contribution < 1.29 is 13.9 Å². The van der Waals surface area contributed by atoms with Gasteiger partial charge in [0.25, 0.3) is 0 Å². The predicted molar refractivity (Wildman–Crippen MR) is 77.7 cm³/mol. The topological polar surface area (TPSA) is 42.7 Å². The summed E-state index contributed by atoms with van der Waals surface area (Å²) in [6.07, 6.45) is 3.22. The van der Waals surface area contributed by atoms with Crippen LogP contribution in [0.4, 0.5) is 0 Å². The molecule has 0 spiro atoms. The molecule has 0 radical (unpaired) electrons. The van der Waals surface area contributed by atoms with Crippen LogP contribution in [0.5, 0.6) is 0 Å². The highest BCUT2D eigenvalue weighted by Crippen LogP contribution is 2.23. The molecular weight excluding hydrogens is 278 g/mol. The lowest BCUT2D eigenvalue weighted by molar-refractivity contribution is -0.129. The maximum absolute atomic E-state index is 12.0. The minimum atomic E-state index is -0.0215. The number of hydrogen-bond donors (Lipinski definition) is 0. The number of carbonyl (C=O) groups excluding carboxylic acids is 1. The van der Waals surface area contributed by atoms with E-state index in [1.165, 1.54) is 6.08 Å². The van der Waals surface area contributed by atoms with E-state index in [1.807, 2.05) is 18.2 Å². The van der Waals surface area contributed by atoms with Gasteiger partial charge < -0.3 is 14.1 Å². The molecule has 0 unspecified atom stereocenters. The van der Waals surface area contributed by atoms with Gasteiger partial charge in [0.1, 0.15) is 11.3 Å². The van der Waals surface area contributed by atoms with Crippen molar-refractivity contribution in [3.63, 3.8) is 0 Å². The van der Waals surface area contributed by atoms with Gasteiger partial charge >= 0.3 is 0 Å². The Morgan fingerprint density at radius 2 is 2.05 bits per heavy atom. The van der Waals surface area contributed by atoms with E-state index >= 15 is 0 Å². The lowest BCUT2D eigenvalue weighted by Gasteiger charge is -2.25. The van der Waals surface area contributed by atoms with Gasteiger partial charge in [0, 0.05) is 29.6 Å². The van der Waals surface area contributed by atoms with Crippen LogP contribution >= 0.6 is 11.6 Å². The SMILES string of the molecule is O=C(/C=C/c1cc2cc(Cl)ccc2o1)N1CCOCC1. The molecule has 0 bridgehead atoms. The number of nitrogens with zero attached hydrogens (tertiary/aromatic N) is 1. The van der Waals surface area contributed by atoms with Gasteiger partial charge in [-0.1, -0.05) is 11.6 Å². The van der Waals surface area contributed by atoms with Crippen LogP contribution in [0.2, 0.25) is 5.02 Å². The number of carbonyl (C=O) groups is 1. The van der Waals surface area contributed by atoms with Crippen LogP contribution in [0.3, 0.4) is 0 Å². The average molecular weight is 292 g/mol. The summed E-state index contributed by atoms with van der Waals surface area (Å²) in [5.74, 6) is 0.621. The number of amides is 1. The molecule has 4 nitrogen and oxygen atoms in total. The van der Waals surface area contributed by atoms with Crippen molar-refractivity contribution in [1.29, 1.82) is 0 Å². The van der Waals surface area contributed by atoms with Crippen molar-refractivity contribution in [3.05, 3.63) is 41.1 Å². The van der Waals surface area contributed by atoms with E-state index in [9.17, 15) is 4.79 Å². The molecule has 1 aliphatic heterocycles. The third kappa shape index (κ3) is 2.86. The maximum Gasteiger partial charge on any atom is 0.246 e. The normalized spacial score (nSPS) is 16.1. The molecule has 1 aromatic heterocycles. The molecule has 0 saturated carbocycles. The molecule has 20 heavy (non-hydrogen) atoms. The molecular formula is C15H14ClNO3. The number of furan rings is 1. The Hall–Kier alpha value is -1.78. The summed E-state index contributed by atoms with van der Waals surface area (Å²) >= 11 is 5.92. The van der Waals surface area contributed by atoms with Gasteiger partial charge in [-0.25, -0.2) is 0 Å². The molecule has 0 aliphatic carbocycles. The first-order valence-corrected chi connectivity index (χ1v) is 6.84. The van der Waals surface area contributed by atoms with Crippen molar-refractivity contribution >= 4 is 34.6 Å². The Morgan fingerprint density at radius 1 is 1.25 bits per heavy atom. The zero-order chi connectivity index (χ0) is 13.9. The first kappa shape index (κ1) is 13.2. The van der Waals surface area contributed by atoms with Crippen LogP contribution in [0, 0.1) is 0 Å². The minimum absolute atomic E-state index is 0.0215. The summed E-state index contributed by atoms with van der Waals surface area (Å²) in [5, 5.41) is 1.59. The summed E-state index contributed by atoms with van der Waals surface area (Å²) in [4.78, 5) is 13.7. The van der Waals surface area contributed by atoms with E-state index in [2.05, 4.69) is 0 Å². The summed E-state index contributed by atoms with van der Waals surface area (Å²) < 4.78 is 10.8. The molecule has 0 N–H and O–H groups in total. The molecule has 3 rings (SSSR count). The van der Waals surface area contributed by atoms with Crippen molar-refractivity contribution in [2.75, 3.05) is 26.3 Å². The molecule has 1 aromatic carbocycles. The van der Waals surface area contributed by atoms with Gasteiger partial charge in [-0.3, -0.25) is 4.79 Å². The van der Waals surface area contributed by atoms with Gasteiger partial charge in [-0.05, 0) is 30.3 Å². The largest absolute Gasteiger partial charge is 0.457 e. The number of morpholine rings is 1. The Bertz CT molecular complexity index is 656. The van der Waals surface area contributed by atoms with Crippen LogP contribution < -0.4 is 0 Å². The van der Waals surface area contributed by atoms with Crippen LogP contribution in [-0.2, 0) is 9.53 Å². The van der Waals surface area contributed by atoms with Crippen LogP contribution in [0.15, 0.2) is 34.8 Å². The second-order valence-electron chi connectivity index (χ2n) is 4.60. The standard InChI is InChI=1S/C15H14ClNO3/c16-12-1-3-14-11(9-12)10-13(20-14)2-4-15(18)17-5-7-19-8-6-17/h1-4,9-10H,5-8H2/b4-2+. The summed E-state index contributed by atoms with van der Waals surface area (Å²) in [6.45, 7) is 2.48. The maximum atomic E-state index is 12.0. The average Bonchev–Trinajstić information content (AvgIpc) is 2.87. The minimum Gasteiger partial charge on any atom is -0.457 e. The van der Waals surface area contributed by atoms with Crippen LogP contribution in [0.25, 0.3) is 17.0 Å². The molecule has 1 aliphatic rings. The third-order valence-electron chi connectivity index (χ3n) is 3.21. The fourth-order valence-electron chi connectivity index (χ4n) is 2.16. The molecule has 1 fully saturated rings. The zero-order valence-corrected chi connectivity index (χ0v) is 11.6. The number of hydrogen-bond acceptors (Lipinski definition) is 3. The fourth-order valence-corrected chi connectivity index (χ4v) is 2.34. The molecule has 1 saturated heterocycles. The third-order valence-corrected chi connectivity index (χ3v) is 3.45. The van der Waals surface area contributed by atoms with E-state index in [4.69, 9.17) is 20.8 Å². The van der Waals surface area contributed by atoms with Gasteiger partial charge in [-0.15, -0.1) is 0 Å². The highest BCUT2D eigenvalue weighted by molar-refractivity contribution is 6.31. The van der Waals surface area contributed by atoms with Gasteiger partial charge in [-0.2, -0.15) is 0 Å². The monoisotopic (exact) mass is 291 g/mol. The lowest BCUT2D eigenvalue weighted by atomic mass is 10.2. The summed E-state index contributed by atoms with van der Waals surface area (Å²) in [6, 6.07) is 7.30.